The van der Waals surface area contributed by atoms with Crippen molar-refractivity contribution in [3.05, 3.63) is 60.8 Å². The molecule has 9 nitrogen and oxygen atoms in total. The number of nitrogens with zero attached hydrogens (tertiary/aromatic N) is 1. The highest BCUT2D eigenvalue weighted by Crippen LogP contribution is 2.43. The van der Waals surface area contributed by atoms with E-state index in [1.165, 1.54) is 238 Å². The molecule has 0 aliphatic rings. The number of unbranched alkanes of at least 4 members (excludes halogenated alkanes) is 41. The van der Waals surface area contributed by atoms with Gasteiger partial charge >= 0.3 is 13.8 Å². The van der Waals surface area contributed by atoms with Crippen molar-refractivity contribution in [2.24, 2.45) is 0 Å². The molecule has 0 spiro atoms. The zero-order chi connectivity index (χ0) is 60.7. The predicted molar refractivity (Wildman–Crippen MR) is 360 cm³/mol. The van der Waals surface area contributed by atoms with Gasteiger partial charge in [0.25, 0.3) is 0 Å². The number of nitrogens with one attached hydrogen (secondary N) is 1. The molecule has 3 unspecified atom stereocenters. The van der Waals surface area contributed by atoms with E-state index in [-0.39, 0.29) is 25.1 Å². The number of carbonyl (C=O) groups is 2. The number of ether oxygens (including phenoxy) is 1. The van der Waals surface area contributed by atoms with Crippen LogP contribution in [0.2, 0.25) is 0 Å². The van der Waals surface area contributed by atoms with Gasteiger partial charge in [-0.3, -0.25) is 18.6 Å². The molecular formula is C73H138N2O7P+. The Morgan fingerprint density at radius 3 is 1.11 bits per heavy atom. The van der Waals surface area contributed by atoms with Crippen molar-refractivity contribution >= 4 is 19.7 Å². The molecular weight excluding hydrogens is 1050 g/mol. The van der Waals surface area contributed by atoms with Crippen LogP contribution in [-0.4, -0.2) is 74.3 Å². The number of phosphoric ester groups is 1. The van der Waals surface area contributed by atoms with Gasteiger partial charge in [0.15, 0.2) is 0 Å². The van der Waals surface area contributed by atoms with Crippen molar-refractivity contribution in [2.75, 3.05) is 40.9 Å². The Bertz CT molecular complexity index is 1600. The van der Waals surface area contributed by atoms with Gasteiger partial charge in [0.2, 0.25) is 5.91 Å². The van der Waals surface area contributed by atoms with Crippen LogP contribution in [0.25, 0.3) is 0 Å². The SMILES string of the molecule is CCCCC/C=C\C/C=C\CCCCCCCCCCCCCCCCCCCC(=O)OC(/C=C\CCCCCCCCCCC)C(COP(=O)(O)OCC[N+](C)(C)C)NC(=O)CCCCCCCCCCC/C=C\C/C=C\CCCCC. The molecule has 0 bridgehead atoms. The van der Waals surface area contributed by atoms with E-state index < -0.39 is 20.0 Å². The third-order valence-corrected chi connectivity index (χ3v) is 16.9. The van der Waals surface area contributed by atoms with Crippen LogP contribution in [0.5, 0.6) is 0 Å². The Morgan fingerprint density at radius 1 is 0.422 bits per heavy atom. The van der Waals surface area contributed by atoms with Crippen molar-refractivity contribution in [2.45, 2.75) is 354 Å². The van der Waals surface area contributed by atoms with E-state index in [0.717, 1.165) is 70.6 Å². The fourth-order valence-corrected chi connectivity index (χ4v) is 11.2. The van der Waals surface area contributed by atoms with E-state index in [2.05, 4.69) is 74.7 Å². The number of esters is 1. The number of amides is 1. The van der Waals surface area contributed by atoms with Crippen molar-refractivity contribution in [3.8, 4) is 0 Å². The summed E-state index contributed by atoms with van der Waals surface area (Å²) in [5.41, 5.74) is 0. The molecule has 10 heteroatoms. The molecule has 0 heterocycles. The molecule has 83 heavy (non-hydrogen) atoms. The summed E-state index contributed by atoms with van der Waals surface area (Å²) in [5, 5.41) is 3.07. The highest BCUT2D eigenvalue weighted by Gasteiger charge is 2.30. The van der Waals surface area contributed by atoms with Gasteiger partial charge in [-0.2, -0.15) is 0 Å². The number of hydrogen-bond acceptors (Lipinski definition) is 6. The first-order valence-corrected chi connectivity index (χ1v) is 37.1. The van der Waals surface area contributed by atoms with E-state index in [4.69, 9.17) is 13.8 Å². The summed E-state index contributed by atoms with van der Waals surface area (Å²) in [6.45, 7) is 7.00. The minimum absolute atomic E-state index is 0.0397. The maximum Gasteiger partial charge on any atom is 0.472 e. The Morgan fingerprint density at radius 2 is 0.735 bits per heavy atom. The van der Waals surface area contributed by atoms with Crippen LogP contribution >= 0.6 is 7.82 Å². The Hall–Kier alpha value is -2.29. The topological polar surface area (TPSA) is 111 Å². The van der Waals surface area contributed by atoms with Gasteiger partial charge in [-0.15, -0.1) is 0 Å². The first kappa shape index (κ1) is 80.7. The van der Waals surface area contributed by atoms with E-state index in [9.17, 15) is 19.0 Å². The lowest BCUT2D eigenvalue weighted by atomic mass is 10.0. The molecule has 0 aromatic rings. The van der Waals surface area contributed by atoms with Crippen molar-refractivity contribution in [3.63, 3.8) is 0 Å². The minimum atomic E-state index is -4.45. The molecule has 0 aliphatic heterocycles. The van der Waals surface area contributed by atoms with E-state index in [0.29, 0.717) is 23.9 Å². The fraction of sp³-hybridized carbons (Fsp3) is 0.836. The van der Waals surface area contributed by atoms with E-state index >= 15 is 0 Å². The highest BCUT2D eigenvalue weighted by molar-refractivity contribution is 7.47. The summed E-state index contributed by atoms with van der Waals surface area (Å²) in [5.74, 6) is -0.498. The smallest absolute Gasteiger partial charge is 0.456 e. The Kier molecular flexibility index (Phi) is 61.0. The summed E-state index contributed by atoms with van der Waals surface area (Å²) in [6.07, 6.45) is 80.9. The van der Waals surface area contributed by atoms with Crippen LogP contribution in [0.3, 0.4) is 0 Å². The summed E-state index contributed by atoms with van der Waals surface area (Å²) in [7, 11) is 1.50. The third kappa shape index (κ3) is 64.0. The van der Waals surface area contributed by atoms with Crippen LogP contribution < -0.4 is 5.32 Å². The van der Waals surface area contributed by atoms with Gasteiger partial charge in [-0.05, 0) is 96.0 Å². The molecule has 0 aromatic carbocycles. The lowest BCUT2D eigenvalue weighted by Gasteiger charge is -2.27. The lowest BCUT2D eigenvalue weighted by Crippen LogP contribution is -2.47. The number of allylic oxidation sites excluding steroid dienone is 9. The maximum atomic E-state index is 13.6. The van der Waals surface area contributed by atoms with Crippen LogP contribution in [0.4, 0.5) is 0 Å². The normalized spacial score (nSPS) is 13.9. The van der Waals surface area contributed by atoms with Crippen molar-refractivity contribution < 1.29 is 37.3 Å². The summed E-state index contributed by atoms with van der Waals surface area (Å²) < 4.78 is 30.8. The average molecular weight is 1190 g/mol. The fourth-order valence-electron chi connectivity index (χ4n) is 10.4. The molecule has 0 aliphatic carbocycles. The zero-order valence-corrected chi connectivity index (χ0v) is 56.6. The van der Waals surface area contributed by atoms with Crippen LogP contribution in [0.1, 0.15) is 342 Å². The molecule has 0 saturated heterocycles. The van der Waals surface area contributed by atoms with Gasteiger partial charge in [0, 0.05) is 12.8 Å². The molecule has 0 radical (unpaired) electrons. The summed E-state index contributed by atoms with van der Waals surface area (Å²) >= 11 is 0. The third-order valence-electron chi connectivity index (χ3n) is 15.9. The monoisotopic (exact) mass is 1190 g/mol. The molecule has 0 saturated carbocycles. The van der Waals surface area contributed by atoms with Crippen LogP contribution in [0, 0.1) is 0 Å². The van der Waals surface area contributed by atoms with Gasteiger partial charge in [0.1, 0.15) is 19.3 Å². The van der Waals surface area contributed by atoms with Crippen molar-refractivity contribution in [1.29, 1.82) is 0 Å². The lowest BCUT2D eigenvalue weighted by molar-refractivity contribution is -0.870. The molecule has 486 valence electrons. The van der Waals surface area contributed by atoms with Gasteiger partial charge < -0.3 is 19.4 Å². The van der Waals surface area contributed by atoms with Crippen molar-refractivity contribution in [1.82, 2.24) is 5.32 Å². The maximum absolute atomic E-state index is 13.6. The second-order valence-corrected chi connectivity index (χ2v) is 26.9. The first-order valence-electron chi connectivity index (χ1n) is 35.6. The Labute approximate surface area is 515 Å². The zero-order valence-electron chi connectivity index (χ0n) is 55.7. The highest BCUT2D eigenvalue weighted by atomic mass is 31.2. The predicted octanol–water partition coefficient (Wildman–Crippen LogP) is 22.6. The van der Waals surface area contributed by atoms with Crippen LogP contribution in [0.15, 0.2) is 60.8 Å². The minimum Gasteiger partial charge on any atom is -0.456 e. The first-order chi connectivity index (χ1) is 40.4. The molecule has 0 rings (SSSR count). The largest absolute Gasteiger partial charge is 0.472 e. The van der Waals surface area contributed by atoms with E-state index in [1.54, 1.807) is 0 Å². The second kappa shape index (κ2) is 62.8. The molecule has 2 N–H and O–H groups in total. The van der Waals surface area contributed by atoms with Gasteiger partial charge in [-0.25, -0.2) is 4.57 Å². The number of rotatable bonds is 65. The van der Waals surface area contributed by atoms with Gasteiger partial charge in [-0.1, -0.05) is 294 Å². The molecule has 3 atom stereocenters. The second-order valence-electron chi connectivity index (χ2n) is 25.4. The van der Waals surface area contributed by atoms with Crippen LogP contribution in [-0.2, 0) is 27.9 Å². The molecule has 1 amide bonds. The number of quaternary nitrogens is 1. The average Bonchev–Trinajstić information content (AvgIpc) is 3.51. The Balaban J connectivity index is 4.97. The quantitative estimate of drug-likeness (QED) is 0.0205. The number of carbonyl (C=O) groups excluding carboxylic acids is 2. The number of hydrogen-bond donors (Lipinski definition) is 2. The van der Waals surface area contributed by atoms with Gasteiger partial charge in [0.05, 0.1) is 33.8 Å². The summed E-state index contributed by atoms with van der Waals surface area (Å²) in [4.78, 5) is 37.9. The van der Waals surface area contributed by atoms with E-state index in [1.807, 2.05) is 33.3 Å². The molecule has 0 aromatic heterocycles. The number of likely N-dealkylation sites (N-methyl/N-ethyl adjacent to an activating group) is 1. The number of phosphoric acid groups is 1. The molecule has 0 fully saturated rings. The summed E-state index contributed by atoms with van der Waals surface area (Å²) in [6, 6.07) is -0.850. The standard InChI is InChI=1S/C73H137N2O7P/c1-7-10-13-16-19-22-25-27-29-31-33-34-35-36-37-38-39-40-42-44-46-48-51-54-57-60-63-66-73(77)82-71(64-61-58-55-52-49-24-21-18-15-12-9-3)70(69-81-83(78,79)80-68-67-75(4,5)6)74-72(76)65-62-59-56-53-50-47-45-43-41-32-30-28-26-23-20-17-14-11-8-2/h19-20,22-23,27-30,61,64,70-71H,7-18,21,24-26,31-60,62-63,65-69H2,1-6H3,(H-,74,76,78,79)/p+1/b22-19-,23-20-,29-27-,30-28-,64-61-.